The molecule has 2 unspecified atom stereocenters. The smallest absolute Gasteiger partial charge is 0.0345 e. The van der Waals surface area contributed by atoms with Gasteiger partial charge in [-0.3, -0.25) is 0 Å². The molecule has 2 atom stereocenters. The molecule has 0 heterocycles. The summed E-state index contributed by atoms with van der Waals surface area (Å²) >= 11 is 0. The summed E-state index contributed by atoms with van der Waals surface area (Å²) in [5.74, 6) is 0.694. The Balaban J connectivity index is 2.64. The Morgan fingerprint density at radius 1 is 1.12 bits per heavy atom. The van der Waals surface area contributed by atoms with E-state index in [2.05, 4.69) is 56.4 Å². The molecule has 1 heteroatoms. The first-order valence-electron chi connectivity index (χ1n) is 6.57. The largest absolute Gasteiger partial charge is 0.310 e. The Kier molecular flexibility index (Phi) is 6.17. The lowest BCUT2D eigenvalue weighted by molar-refractivity contribution is 0.374. The molecule has 1 rings (SSSR count). The van der Waals surface area contributed by atoms with Crippen LogP contribution in [0.3, 0.4) is 0 Å². The maximum absolute atomic E-state index is 3.69. The Labute approximate surface area is 100 Å². The van der Waals surface area contributed by atoms with Crippen LogP contribution in [0.5, 0.6) is 0 Å². The molecule has 0 amide bonds. The van der Waals surface area contributed by atoms with Crippen LogP contribution in [0, 0.1) is 5.92 Å². The molecular weight excluding hydrogens is 194 g/mol. The summed E-state index contributed by atoms with van der Waals surface area (Å²) in [7, 11) is 0. The third kappa shape index (κ3) is 3.97. The van der Waals surface area contributed by atoms with Gasteiger partial charge in [-0.1, -0.05) is 63.9 Å². The van der Waals surface area contributed by atoms with E-state index in [-0.39, 0.29) is 0 Å². The molecule has 1 N–H and O–H groups in total. The molecule has 0 spiro atoms. The zero-order valence-corrected chi connectivity index (χ0v) is 10.9. The average molecular weight is 219 g/mol. The van der Waals surface area contributed by atoms with Crippen LogP contribution in [-0.2, 0) is 0 Å². The van der Waals surface area contributed by atoms with E-state index in [1.54, 1.807) is 0 Å². The van der Waals surface area contributed by atoms with Gasteiger partial charge in [0.2, 0.25) is 0 Å². The second kappa shape index (κ2) is 7.45. The van der Waals surface area contributed by atoms with Crippen LogP contribution < -0.4 is 5.32 Å². The molecule has 0 aliphatic heterocycles. The van der Waals surface area contributed by atoms with Crippen molar-refractivity contribution in [1.29, 1.82) is 0 Å². The first-order valence-corrected chi connectivity index (χ1v) is 6.57. The minimum atomic E-state index is 0.512. The average Bonchev–Trinajstić information content (AvgIpc) is 2.35. The zero-order valence-electron chi connectivity index (χ0n) is 10.9. The van der Waals surface area contributed by atoms with Crippen LogP contribution in [0.4, 0.5) is 0 Å². The van der Waals surface area contributed by atoms with E-state index in [0.29, 0.717) is 12.0 Å². The number of hydrogen-bond acceptors (Lipinski definition) is 1. The SMILES string of the molecule is CCCCNC(c1ccccc1)C(C)CC. The highest BCUT2D eigenvalue weighted by molar-refractivity contribution is 5.19. The maximum Gasteiger partial charge on any atom is 0.0345 e. The molecule has 1 nitrogen and oxygen atoms in total. The molecule has 0 aliphatic rings. The van der Waals surface area contributed by atoms with Gasteiger partial charge >= 0.3 is 0 Å². The molecule has 90 valence electrons. The van der Waals surface area contributed by atoms with Crippen LogP contribution in [0.2, 0.25) is 0 Å². The highest BCUT2D eigenvalue weighted by Crippen LogP contribution is 2.23. The topological polar surface area (TPSA) is 12.0 Å². The fraction of sp³-hybridized carbons (Fsp3) is 0.600. The van der Waals surface area contributed by atoms with E-state index >= 15 is 0 Å². The highest BCUT2D eigenvalue weighted by Gasteiger charge is 2.16. The quantitative estimate of drug-likeness (QED) is 0.679. The van der Waals surface area contributed by atoms with Crippen molar-refractivity contribution in [3.63, 3.8) is 0 Å². The van der Waals surface area contributed by atoms with Gasteiger partial charge in [0, 0.05) is 6.04 Å². The van der Waals surface area contributed by atoms with Crippen molar-refractivity contribution in [2.75, 3.05) is 6.54 Å². The summed E-state index contributed by atoms with van der Waals surface area (Å²) in [6, 6.07) is 11.3. The van der Waals surface area contributed by atoms with E-state index in [1.165, 1.54) is 24.8 Å². The normalized spacial score (nSPS) is 14.7. The number of unbranched alkanes of at least 4 members (excludes halogenated alkanes) is 1. The second-order valence-corrected chi connectivity index (χ2v) is 4.58. The predicted molar refractivity (Wildman–Crippen MR) is 71.5 cm³/mol. The van der Waals surface area contributed by atoms with Crippen molar-refractivity contribution in [1.82, 2.24) is 5.32 Å². The Bertz CT molecular complexity index is 268. The summed E-state index contributed by atoms with van der Waals surface area (Å²) in [4.78, 5) is 0. The van der Waals surface area contributed by atoms with Crippen molar-refractivity contribution in [2.24, 2.45) is 5.92 Å². The Morgan fingerprint density at radius 3 is 2.38 bits per heavy atom. The second-order valence-electron chi connectivity index (χ2n) is 4.58. The number of rotatable bonds is 7. The van der Waals surface area contributed by atoms with Gasteiger partial charge in [0.15, 0.2) is 0 Å². The molecule has 0 saturated carbocycles. The van der Waals surface area contributed by atoms with Crippen LogP contribution in [-0.4, -0.2) is 6.54 Å². The van der Waals surface area contributed by atoms with Gasteiger partial charge in [0.1, 0.15) is 0 Å². The molecule has 1 aromatic rings. The number of hydrogen-bond donors (Lipinski definition) is 1. The van der Waals surface area contributed by atoms with Gasteiger partial charge in [0.05, 0.1) is 0 Å². The monoisotopic (exact) mass is 219 g/mol. The lowest BCUT2D eigenvalue weighted by Gasteiger charge is -2.25. The molecule has 1 aromatic carbocycles. The molecule has 0 aromatic heterocycles. The summed E-state index contributed by atoms with van der Waals surface area (Å²) in [6.45, 7) is 7.96. The van der Waals surface area contributed by atoms with Gasteiger partial charge < -0.3 is 5.32 Å². The molecule has 0 radical (unpaired) electrons. The van der Waals surface area contributed by atoms with Gasteiger partial charge in [0.25, 0.3) is 0 Å². The number of benzene rings is 1. The summed E-state index contributed by atoms with van der Waals surface area (Å²) in [5.41, 5.74) is 1.42. The Morgan fingerprint density at radius 2 is 1.81 bits per heavy atom. The molecule has 0 fully saturated rings. The summed E-state index contributed by atoms with van der Waals surface area (Å²) < 4.78 is 0. The van der Waals surface area contributed by atoms with Crippen LogP contribution in [0.25, 0.3) is 0 Å². The molecule has 0 saturated heterocycles. The van der Waals surface area contributed by atoms with Crippen LogP contribution >= 0.6 is 0 Å². The first-order chi connectivity index (χ1) is 7.79. The molecule has 0 bridgehead atoms. The minimum Gasteiger partial charge on any atom is -0.310 e. The van der Waals surface area contributed by atoms with Crippen molar-refractivity contribution in [3.8, 4) is 0 Å². The van der Waals surface area contributed by atoms with Gasteiger partial charge in [-0.25, -0.2) is 0 Å². The van der Waals surface area contributed by atoms with E-state index in [4.69, 9.17) is 0 Å². The van der Waals surface area contributed by atoms with E-state index in [0.717, 1.165) is 6.54 Å². The van der Waals surface area contributed by atoms with Crippen LogP contribution in [0.1, 0.15) is 51.6 Å². The minimum absolute atomic E-state index is 0.512. The lowest BCUT2D eigenvalue weighted by atomic mass is 9.92. The highest BCUT2D eigenvalue weighted by atomic mass is 14.9. The number of nitrogens with one attached hydrogen (secondary N) is 1. The van der Waals surface area contributed by atoms with Crippen LogP contribution in [0.15, 0.2) is 30.3 Å². The van der Waals surface area contributed by atoms with Gasteiger partial charge in [-0.2, -0.15) is 0 Å². The fourth-order valence-electron chi connectivity index (χ4n) is 1.98. The first kappa shape index (κ1) is 13.2. The van der Waals surface area contributed by atoms with E-state index < -0.39 is 0 Å². The van der Waals surface area contributed by atoms with Crippen molar-refractivity contribution in [3.05, 3.63) is 35.9 Å². The van der Waals surface area contributed by atoms with Gasteiger partial charge in [-0.05, 0) is 24.4 Å². The van der Waals surface area contributed by atoms with Gasteiger partial charge in [-0.15, -0.1) is 0 Å². The maximum atomic E-state index is 3.69. The van der Waals surface area contributed by atoms with E-state index in [1.807, 2.05) is 0 Å². The van der Waals surface area contributed by atoms with Crippen molar-refractivity contribution < 1.29 is 0 Å². The standard InChI is InChI=1S/C15H25N/c1-4-6-12-16-15(13(3)5-2)14-10-8-7-9-11-14/h7-11,13,15-16H,4-6,12H2,1-3H3. The lowest BCUT2D eigenvalue weighted by Crippen LogP contribution is -2.27. The third-order valence-corrected chi connectivity index (χ3v) is 3.27. The predicted octanol–water partition coefficient (Wildman–Crippen LogP) is 4.16. The zero-order chi connectivity index (χ0) is 11.8. The van der Waals surface area contributed by atoms with Crippen molar-refractivity contribution >= 4 is 0 Å². The van der Waals surface area contributed by atoms with Crippen molar-refractivity contribution in [2.45, 2.75) is 46.1 Å². The molecular formula is C15H25N. The summed E-state index contributed by atoms with van der Waals surface area (Å²) in [5, 5.41) is 3.69. The van der Waals surface area contributed by atoms with E-state index in [9.17, 15) is 0 Å². The fourth-order valence-corrected chi connectivity index (χ4v) is 1.98. The Hall–Kier alpha value is -0.820. The molecule has 16 heavy (non-hydrogen) atoms. The summed E-state index contributed by atoms with van der Waals surface area (Å²) in [6.07, 6.45) is 3.74. The molecule has 0 aliphatic carbocycles. The third-order valence-electron chi connectivity index (χ3n) is 3.27.